The lowest BCUT2D eigenvalue weighted by Crippen LogP contribution is -1.94. The summed E-state index contributed by atoms with van der Waals surface area (Å²) in [6.45, 7) is 0. The molecule has 3 aromatic rings. The number of rotatable bonds is 7. The summed E-state index contributed by atoms with van der Waals surface area (Å²) >= 11 is 1.41. The van der Waals surface area contributed by atoms with Crippen LogP contribution in [-0.2, 0) is 0 Å². The van der Waals surface area contributed by atoms with Gasteiger partial charge in [0.1, 0.15) is 22.4 Å². The number of nitrogens with one attached hydrogen (secondary N) is 1. The molecule has 0 fully saturated rings. The van der Waals surface area contributed by atoms with Crippen LogP contribution in [0.25, 0.3) is 16.8 Å². The van der Waals surface area contributed by atoms with Crippen molar-refractivity contribution >= 4 is 22.6 Å². The molecule has 6 nitrogen and oxygen atoms in total. The molecule has 0 atom stereocenters. The molecule has 3 rings (SSSR count). The highest BCUT2D eigenvalue weighted by atomic mass is 32.1. The van der Waals surface area contributed by atoms with Crippen LogP contribution in [-0.4, -0.2) is 26.3 Å². The first-order chi connectivity index (χ1) is 13.7. The normalized spacial score (nSPS) is 10.9. The van der Waals surface area contributed by atoms with Gasteiger partial charge in [-0.3, -0.25) is 0 Å². The van der Waals surface area contributed by atoms with Crippen LogP contribution in [0.1, 0.15) is 5.01 Å². The molecule has 142 valence electrons. The Morgan fingerprint density at radius 1 is 1.07 bits per heavy atom. The maximum absolute atomic E-state index is 9.55. The number of ether oxygens (including phenoxy) is 3. The molecule has 0 aliphatic rings. The predicted octanol–water partition coefficient (Wildman–Crippen LogP) is 4.81. The Labute approximate surface area is 167 Å². The van der Waals surface area contributed by atoms with Crippen LogP contribution in [0.3, 0.4) is 0 Å². The van der Waals surface area contributed by atoms with Gasteiger partial charge in [-0.15, -0.1) is 11.3 Å². The molecule has 2 aromatic carbocycles. The summed E-state index contributed by atoms with van der Waals surface area (Å²) in [5, 5.41) is 15.2. The van der Waals surface area contributed by atoms with Crippen molar-refractivity contribution in [3.63, 3.8) is 0 Å². The Morgan fingerprint density at radius 3 is 2.61 bits per heavy atom. The molecule has 0 radical (unpaired) electrons. The van der Waals surface area contributed by atoms with Gasteiger partial charge in [-0.25, -0.2) is 4.98 Å². The predicted molar refractivity (Wildman–Crippen MR) is 111 cm³/mol. The van der Waals surface area contributed by atoms with E-state index in [-0.39, 0.29) is 0 Å². The molecule has 0 unspecified atom stereocenters. The molecule has 0 aliphatic carbocycles. The van der Waals surface area contributed by atoms with Crippen LogP contribution in [0.15, 0.2) is 54.0 Å². The largest absolute Gasteiger partial charge is 0.497 e. The molecule has 0 bridgehead atoms. The standard InChI is InChI=1S/C21H19N3O3S/c1-25-17-6-4-5-14(9-17)18-13-28-21(24-18)15(11-22)12-23-16-7-8-19(26-2)20(10-16)27-3/h4-10,12-13,23H,1-3H3. The average Bonchev–Trinajstić information content (AvgIpc) is 3.24. The lowest BCUT2D eigenvalue weighted by Gasteiger charge is -2.09. The first-order valence-electron chi connectivity index (χ1n) is 8.37. The fourth-order valence-corrected chi connectivity index (χ4v) is 3.33. The van der Waals surface area contributed by atoms with Gasteiger partial charge in [0, 0.05) is 28.9 Å². The second-order valence-electron chi connectivity index (χ2n) is 5.65. The smallest absolute Gasteiger partial charge is 0.162 e. The van der Waals surface area contributed by atoms with Gasteiger partial charge in [0.05, 0.1) is 27.0 Å². The summed E-state index contributed by atoms with van der Waals surface area (Å²) in [5.74, 6) is 2.01. The van der Waals surface area contributed by atoms with Gasteiger partial charge in [-0.05, 0) is 24.3 Å². The van der Waals surface area contributed by atoms with E-state index in [4.69, 9.17) is 14.2 Å². The molecule has 0 spiro atoms. The first-order valence-corrected chi connectivity index (χ1v) is 9.25. The monoisotopic (exact) mass is 393 g/mol. The Balaban J connectivity index is 1.82. The van der Waals surface area contributed by atoms with Gasteiger partial charge >= 0.3 is 0 Å². The van der Waals surface area contributed by atoms with Crippen molar-refractivity contribution in [2.24, 2.45) is 0 Å². The number of hydrogen-bond donors (Lipinski definition) is 1. The minimum absolute atomic E-state index is 0.439. The molecule has 0 amide bonds. The number of anilines is 1. The van der Waals surface area contributed by atoms with E-state index in [1.807, 2.05) is 35.7 Å². The highest BCUT2D eigenvalue weighted by Gasteiger charge is 2.10. The number of allylic oxidation sites excluding steroid dienone is 1. The number of aromatic nitrogens is 1. The summed E-state index contributed by atoms with van der Waals surface area (Å²) in [4.78, 5) is 4.59. The molecule has 0 saturated heterocycles. The Morgan fingerprint density at radius 2 is 1.89 bits per heavy atom. The van der Waals surface area contributed by atoms with E-state index in [2.05, 4.69) is 16.4 Å². The number of nitriles is 1. The van der Waals surface area contributed by atoms with Gasteiger partial charge in [0.15, 0.2) is 11.5 Å². The Kier molecular flexibility index (Phi) is 6.14. The third-order valence-corrected chi connectivity index (χ3v) is 4.86. The van der Waals surface area contributed by atoms with Crippen molar-refractivity contribution < 1.29 is 14.2 Å². The maximum Gasteiger partial charge on any atom is 0.162 e. The third-order valence-electron chi connectivity index (χ3n) is 3.99. The quantitative estimate of drug-likeness (QED) is 0.581. The van der Waals surface area contributed by atoms with E-state index in [0.717, 1.165) is 22.7 Å². The van der Waals surface area contributed by atoms with Gasteiger partial charge in [-0.2, -0.15) is 5.26 Å². The summed E-state index contributed by atoms with van der Waals surface area (Å²) in [6.07, 6.45) is 1.63. The summed E-state index contributed by atoms with van der Waals surface area (Å²) in [7, 11) is 4.79. The van der Waals surface area contributed by atoms with E-state index in [1.165, 1.54) is 11.3 Å². The minimum Gasteiger partial charge on any atom is -0.497 e. The second kappa shape index (κ2) is 8.93. The number of thiazole rings is 1. The molecule has 0 aliphatic heterocycles. The zero-order valence-corrected chi connectivity index (χ0v) is 16.5. The molecular weight excluding hydrogens is 374 g/mol. The van der Waals surface area contributed by atoms with Crippen LogP contribution in [0.5, 0.6) is 17.2 Å². The molecular formula is C21H19N3O3S. The molecule has 28 heavy (non-hydrogen) atoms. The topological polar surface area (TPSA) is 76.4 Å². The fourth-order valence-electron chi connectivity index (χ4n) is 2.54. The number of nitrogens with zero attached hydrogens (tertiary/aromatic N) is 2. The van der Waals surface area contributed by atoms with Crippen LogP contribution in [0.4, 0.5) is 5.69 Å². The van der Waals surface area contributed by atoms with E-state index < -0.39 is 0 Å². The molecule has 0 saturated carbocycles. The Bertz CT molecular complexity index is 1040. The third kappa shape index (κ3) is 4.24. The summed E-state index contributed by atoms with van der Waals surface area (Å²) in [5.41, 5.74) is 2.95. The second-order valence-corrected chi connectivity index (χ2v) is 6.51. The number of hydrogen-bond acceptors (Lipinski definition) is 7. The fraction of sp³-hybridized carbons (Fsp3) is 0.143. The highest BCUT2D eigenvalue weighted by molar-refractivity contribution is 7.11. The number of benzene rings is 2. The van der Waals surface area contributed by atoms with Gasteiger partial charge < -0.3 is 19.5 Å². The SMILES string of the molecule is COc1cccc(-c2csc(C(C#N)=CNc3ccc(OC)c(OC)c3)n2)c1. The minimum atomic E-state index is 0.439. The van der Waals surface area contributed by atoms with Crippen LogP contribution < -0.4 is 19.5 Å². The van der Waals surface area contributed by atoms with Crippen LogP contribution in [0.2, 0.25) is 0 Å². The van der Waals surface area contributed by atoms with E-state index >= 15 is 0 Å². The van der Waals surface area contributed by atoms with E-state index in [0.29, 0.717) is 22.1 Å². The molecule has 7 heteroatoms. The molecule has 1 heterocycles. The van der Waals surface area contributed by atoms with E-state index in [1.54, 1.807) is 39.7 Å². The Hall–Kier alpha value is -3.50. The van der Waals surface area contributed by atoms with E-state index in [9.17, 15) is 5.26 Å². The summed E-state index contributed by atoms with van der Waals surface area (Å²) < 4.78 is 15.8. The van der Waals surface area contributed by atoms with Crippen LogP contribution >= 0.6 is 11.3 Å². The number of methoxy groups -OCH3 is 3. The van der Waals surface area contributed by atoms with Crippen molar-refractivity contribution in [3.05, 3.63) is 59.1 Å². The average molecular weight is 393 g/mol. The van der Waals surface area contributed by atoms with Crippen molar-refractivity contribution in [2.45, 2.75) is 0 Å². The zero-order valence-electron chi connectivity index (χ0n) is 15.7. The summed E-state index contributed by atoms with van der Waals surface area (Å²) in [6, 6.07) is 15.3. The molecule has 1 N–H and O–H groups in total. The van der Waals surface area contributed by atoms with Gasteiger partial charge in [-0.1, -0.05) is 12.1 Å². The highest BCUT2D eigenvalue weighted by Crippen LogP contribution is 2.31. The van der Waals surface area contributed by atoms with Gasteiger partial charge in [0.2, 0.25) is 0 Å². The van der Waals surface area contributed by atoms with Crippen molar-refractivity contribution in [1.82, 2.24) is 4.98 Å². The van der Waals surface area contributed by atoms with Crippen LogP contribution in [0, 0.1) is 11.3 Å². The van der Waals surface area contributed by atoms with Crippen molar-refractivity contribution in [3.8, 4) is 34.6 Å². The maximum atomic E-state index is 9.55. The lowest BCUT2D eigenvalue weighted by atomic mass is 10.1. The zero-order chi connectivity index (χ0) is 19.9. The van der Waals surface area contributed by atoms with Crippen molar-refractivity contribution in [2.75, 3.05) is 26.6 Å². The lowest BCUT2D eigenvalue weighted by molar-refractivity contribution is 0.355. The first kappa shape index (κ1) is 19.3. The molecule has 1 aromatic heterocycles. The van der Waals surface area contributed by atoms with Crippen molar-refractivity contribution in [1.29, 1.82) is 5.26 Å². The van der Waals surface area contributed by atoms with Gasteiger partial charge in [0.25, 0.3) is 0 Å².